The molecule has 0 aliphatic heterocycles. The number of amides is 1. The van der Waals surface area contributed by atoms with E-state index in [1.165, 1.54) is 0 Å². The highest BCUT2D eigenvalue weighted by molar-refractivity contribution is 9.10. The number of pyridine rings is 1. The molecule has 0 saturated carbocycles. The highest BCUT2D eigenvalue weighted by Gasteiger charge is 2.13. The maximum absolute atomic E-state index is 12.7. The van der Waals surface area contributed by atoms with Gasteiger partial charge in [0.05, 0.1) is 18.2 Å². The molecular formula is C19H17BrN2O2. The van der Waals surface area contributed by atoms with Crippen molar-refractivity contribution in [1.82, 2.24) is 10.3 Å². The van der Waals surface area contributed by atoms with Gasteiger partial charge in [0, 0.05) is 27.7 Å². The van der Waals surface area contributed by atoms with Crippen LogP contribution < -0.4 is 10.1 Å². The summed E-state index contributed by atoms with van der Waals surface area (Å²) in [6, 6.07) is 15.2. The van der Waals surface area contributed by atoms with Gasteiger partial charge in [-0.05, 0) is 37.3 Å². The van der Waals surface area contributed by atoms with E-state index in [1.807, 2.05) is 55.5 Å². The molecule has 0 atom stereocenters. The zero-order valence-electron chi connectivity index (χ0n) is 13.5. The van der Waals surface area contributed by atoms with Gasteiger partial charge >= 0.3 is 0 Å². The molecule has 0 unspecified atom stereocenters. The lowest BCUT2D eigenvalue weighted by Crippen LogP contribution is -2.23. The van der Waals surface area contributed by atoms with Gasteiger partial charge in [0.25, 0.3) is 5.91 Å². The van der Waals surface area contributed by atoms with Gasteiger partial charge in [-0.1, -0.05) is 34.1 Å². The lowest BCUT2D eigenvalue weighted by molar-refractivity contribution is 0.0952. The zero-order chi connectivity index (χ0) is 17.1. The van der Waals surface area contributed by atoms with Crippen molar-refractivity contribution in [2.45, 2.75) is 13.5 Å². The van der Waals surface area contributed by atoms with E-state index in [0.29, 0.717) is 12.1 Å². The number of methoxy groups -OCH3 is 1. The Morgan fingerprint density at radius 3 is 2.79 bits per heavy atom. The van der Waals surface area contributed by atoms with E-state index in [-0.39, 0.29) is 5.91 Å². The van der Waals surface area contributed by atoms with Gasteiger partial charge < -0.3 is 10.1 Å². The number of hydrogen-bond acceptors (Lipinski definition) is 3. The van der Waals surface area contributed by atoms with Crippen molar-refractivity contribution < 1.29 is 9.53 Å². The van der Waals surface area contributed by atoms with Gasteiger partial charge in [-0.3, -0.25) is 9.78 Å². The molecule has 0 bridgehead atoms. The molecule has 3 aromatic rings. The number of nitrogens with one attached hydrogen (secondary N) is 1. The summed E-state index contributed by atoms with van der Waals surface area (Å²) >= 11 is 3.44. The second-order valence-electron chi connectivity index (χ2n) is 5.47. The van der Waals surface area contributed by atoms with Crippen molar-refractivity contribution in [3.63, 3.8) is 0 Å². The summed E-state index contributed by atoms with van der Waals surface area (Å²) in [6.45, 7) is 2.28. The third-order valence-corrected chi connectivity index (χ3v) is 4.26. The summed E-state index contributed by atoms with van der Waals surface area (Å²) < 4.78 is 6.29. The Hall–Kier alpha value is -2.40. The Kier molecular flexibility index (Phi) is 4.81. The summed E-state index contributed by atoms with van der Waals surface area (Å²) in [6.07, 6.45) is 0. The molecule has 0 aliphatic rings. The van der Waals surface area contributed by atoms with Crippen molar-refractivity contribution in [2.75, 3.05) is 7.11 Å². The summed E-state index contributed by atoms with van der Waals surface area (Å²) in [4.78, 5) is 17.1. The number of carbonyl (C=O) groups excluding carboxylic acids is 1. The molecule has 122 valence electrons. The largest absolute Gasteiger partial charge is 0.496 e. The van der Waals surface area contributed by atoms with Crippen LogP contribution in [0.15, 0.2) is 53.0 Å². The number of halogens is 1. The SMILES string of the molecule is COc1ccc(Br)cc1CNC(=O)c1cc(C)nc2ccccc12. The number of hydrogen-bond donors (Lipinski definition) is 1. The smallest absolute Gasteiger partial charge is 0.252 e. The predicted molar refractivity (Wildman–Crippen MR) is 98.3 cm³/mol. The van der Waals surface area contributed by atoms with Gasteiger partial charge in [0.2, 0.25) is 0 Å². The van der Waals surface area contributed by atoms with Crippen molar-refractivity contribution >= 4 is 32.7 Å². The van der Waals surface area contributed by atoms with Crippen LogP contribution in [0.2, 0.25) is 0 Å². The van der Waals surface area contributed by atoms with Crippen LogP contribution >= 0.6 is 15.9 Å². The van der Waals surface area contributed by atoms with Crippen LogP contribution in [0.5, 0.6) is 5.75 Å². The minimum absolute atomic E-state index is 0.126. The standard InChI is InChI=1S/C19H17BrN2O2/c1-12-9-16(15-5-3-4-6-17(15)22-12)19(23)21-11-13-10-14(20)7-8-18(13)24-2/h3-10H,11H2,1-2H3,(H,21,23). The van der Waals surface area contributed by atoms with Crippen LogP contribution in [-0.2, 0) is 6.54 Å². The minimum Gasteiger partial charge on any atom is -0.496 e. The van der Waals surface area contributed by atoms with Gasteiger partial charge in [-0.25, -0.2) is 0 Å². The molecule has 0 aliphatic carbocycles. The van der Waals surface area contributed by atoms with Crippen LogP contribution in [0.4, 0.5) is 0 Å². The first-order valence-corrected chi connectivity index (χ1v) is 8.35. The maximum atomic E-state index is 12.7. The van der Waals surface area contributed by atoms with E-state index in [9.17, 15) is 4.79 Å². The third kappa shape index (κ3) is 3.41. The quantitative estimate of drug-likeness (QED) is 0.731. The molecule has 0 radical (unpaired) electrons. The van der Waals surface area contributed by atoms with Crippen molar-refractivity contribution in [3.8, 4) is 5.75 Å². The van der Waals surface area contributed by atoms with E-state index < -0.39 is 0 Å². The average Bonchev–Trinajstić information content (AvgIpc) is 2.59. The second kappa shape index (κ2) is 7.01. The molecule has 24 heavy (non-hydrogen) atoms. The molecule has 3 rings (SSSR count). The molecule has 2 aromatic carbocycles. The topological polar surface area (TPSA) is 51.2 Å². The molecule has 4 nitrogen and oxygen atoms in total. The van der Waals surface area contributed by atoms with Crippen molar-refractivity contribution in [2.24, 2.45) is 0 Å². The number of aryl methyl sites for hydroxylation is 1. The highest BCUT2D eigenvalue weighted by Crippen LogP contribution is 2.23. The number of fused-ring (bicyclic) bond motifs is 1. The average molecular weight is 385 g/mol. The molecule has 0 spiro atoms. The lowest BCUT2D eigenvalue weighted by Gasteiger charge is -2.12. The molecule has 0 fully saturated rings. The molecule has 0 saturated heterocycles. The number of nitrogens with zero attached hydrogens (tertiary/aromatic N) is 1. The number of carbonyl (C=O) groups is 1. The molecule has 1 heterocycles. The summed E-state index contributed by atoms with van der Waals surface area (Å²) in [5, 5.41) is 3.82. The van der Waals surface area contributed by atoms with E-state index >= 15 is 0 Å². The van der Waals surface area contributed by atoms with E-state index in [0.717, 1.165) is 32.4 Å². The molecule has 5 heteroatoms. The van der Waals surface area contributed by atoms with Gasteiger partial charge in [-0.2, -0.15) is 0 Å². The summed E-state index contributed by atoms with van der Waals surface area (Å²) in [5.41, 5.74) is 3.18. The maximum Gasteiger partial charge on any atom is 0.252 e. The first kappa shape index (κ1) is 16.5. The van der Waals surface area contributed by atoms with Gasteiger partial charge in [0.15, 0.2) is 0 Å². The molecule has 1 amide bonds. The van der Waals surface area contributed by atoms with Crippen LogP contribution in [0.25, 0.3) is 10.9 Å². The number of para-hydroxylation sites is 1. The monoisotopic (exact) mass is 384 g/mol. The normalized spacial score (nSPS) is 10.6. The van der Waals surface area contributed by atoms with Crippen molar-refractivity contribution in [1.29, 1.82) is 0 Å². The van der Waals surface area contributed by atoms with E-state index in [2.05, 4.69) is 26.2 Å². The van der Waals surface area contributed by atoms with Gasteiger partial charge in [-0.15, -0.1) is 0 Å². The van der Waals surface area contributed by atoms with Crippen molar-refractivity contribution in [3.05, 3.63) is 69.8 Å². The Bertz CT molecular complexity index is 909. The highest BCUT2D eigenvalue weighted by atomic mass is 79.9. The summed E-state index contributed by atoms with van der Waals surface area (Å²) in [5.74, 6) is 0.619. The molecular weight excluding hydrogens is 368 g/mol. The molecule has 1 aromatic heterocycles. The fourth-order valence-electron chi connectivity index (χ4n) is 2.65. The van der Waals surface area contributed by atoms with Crippen LogP contribution in [0, 0.1) is 6.92 Å². The van der Waals surface area contributed by atoms with Crippen LogP contribution in [-0.4, -0.2) is 18.0 Å². The van der Waals surface area contributed by atoms with Crippen LogP contribution in [0.3, 0.4) is 0 Å². The minimum atomic E-state index is -0.126. The number of ether oxygens (including phenoxy) is 1. The second-order valence-corrected chi connectivity index (χ2v) is 6.38. The van der Waals surface area contributed by atoms with E-state index in [1.54, 1.807) is 7.11 Å². The fraction of sp³-hybridized carbons (Fsp3) is 0.158. The number of benzene rings is 2. The summed E-state index contributed by atoms with van der Waals surface area (Å²) in [7, 11) is 1.62. The third-order valence-electron chi connectivity index (χ3n) is 3.77. The first-order valence-electron chi connectivity index (χ1n) is 7.55. The Balaban J connectivity index is 1.87. The Morgan fingerprint density at radius 1 is 1.21 bits per heavy atom. The van der Waals surface area contributed by atoms with Crippen LogP contribution in [0.1, 0.15) is 21.6 Å². The fourth-order valence-corrected chi connectivity index (χ4v) is 3.06. The zero-order valence-corrected chi connectivity index (χ0v) is 15.1. The lowest BCUT2D eigenvalue weighted by atomic mass is 10.1. The first-order chi connectivity index (χ1) is 11.6. The van der Waals surface area contributed by atoms with Gasteiger partial charge in [0.1, 0.15) is 5.75 Å². The molecule has 1 N–H and O–H groups in total. The number of aromatic nitrogens is 1. The number of rotatable bonds is 4. The van der Waals surface area contributed by atoms with E-state index in [4.69, 9.17) is 4.74 Å². The Morgan fingerprint density at radius 2 is 2.00 bits per heavy atom. The predicted octanol–water partition coefficient (Wildman–Crippen LogP) is 4.24. The Labute approximate surface area is 149 Å².